The first-order valence-corrected chi connectivity index (χ1v) is 6.60. The Morgan fingerprint density at radius 3 is 2.55 bits per heavy atom. The molecular weight excluding hydrogens is 273 g/mol. The third-order valence-corrected chi connectivity index (χ3v) is 3.25. The third kappa shape index (κ3) is 2.93. The molecule has 104 valence electrons. The van der Waals surface area contributed by atoms with Gasteiger partial charge in [-0.15, -0.1) is 0 Å². The molecule has 2 aromatic rings. The second kappa shape index (κ2) is 5.54. The number of benzene rings is 1. The lowest BCUT2D eigenvalue weighted by Gasteiger charge is -2.15. The Kier molecular flexibility index (Phi) is 3.99. The molecule has 1 aromatic carbocycles. The van der Waals surface area contributed by atoms with Crippen LogP contribution in [0.2, 0.25) is 0 Å². The number of aromatic nitrogens is 1. The zero-order valence-electron chi connectivity index (χ0n) is 11.6. The van der Waals surface area contributed by atoms with Gasteiger partial charge in [-0.1, -0.05) is 18.3 Å². The number of rotatable bonds is 3. The molecule has 0 aliphatic rings. The van der Waals surface area contributed by atoms with E-state index in [0.29, 0.717) is 17.1 Å². The van der Waals surface area contributed by atoms with Gasteiger partial charge in [-0.3, -0.25) is 0 Å². The molecule has 1 heterocycles. The number of nitrogens with one attached hydrogen (secondary N) is 1. The number of nitrogens with zero attached hydrogens (tertiary/aromatic N) is 1. The summed E-state index contributed by atoms with van der Waals surface area (Å²) in [7, 11) is 0. The Hall–Kier alpha value is -2.01. The summed E-state index contributed by atoms with van der Waals surface area (Å²) in [6, 6.07) is 6.47. The minimum atomic E-state index is -0.306. The molecule has 2 rings (SSSR count). The van der Waals surface area contributed by atoms with Crippen molar-refractivity contribution in [1.82, 2.24) is 4.98 Å². The van der Waals surface area contributed by atoms with Crippen LogP contribution in [-0.4, -0.2) is 9.97 Å². The number of nitrogens with two attached hydrogens (primary N) is 1. The summed E-state index contributed by atoms with van der Waals surface area (Å²) in [4.78, 5) is 4.69. The third-order valence-electron chi connectivity index (χ3n) is 3.04. The van der Waals surface area contributed by atoms with Crippen molar-refractivity contribution in [2.75, 3.05) is 5.32 Å². The van der Waals surface area contributed by atoms with Gasteiger partial charge in [0.25, 0.3) is 0 Å². The predicted octanol–water partition coefficient (Wildman–Crippen LogP) is 3.52. The first-order valence-electron chi connectivity index (χ1n) is 6.19. The Morgan fingerprint density at radius 1 is 1.20 bits per heavy atom. The van der Waals surface area contributed by atoms with Crippen LogP contribution in [0, 0.1) is 26.6 Å². The van der Waals surface area contributed by atoms with E-state index in [1.54, 1.807) is 6.07 Å². The van der Waals surface area contributed by atoms with Gasteiger partial charge in [0, 0.05) is 11.4 Å². The number of anilines is 2. The lowest BCUT2D eigenvalue weighted by atomic mass is 10.1. The van der Waals surface area contributed by atoms with Gasteiger partial charge in [0.15, 0.2) is 0 Å². The topological polar surface area (TPSA) is 50.9 Å². The average Bonchev–Trinajstić information content (AvgIpc) is 2.32. The standard InChI is InChI=1S/C15H16FN3S/c1-8-4-5-11(16)7-12(8)19-15-13(14(17)20)9(2)6-10(3)18-15/h4-7H,1-3H3,(H2,17,20)(H,18,19). The van der Waals surface area contributed by atoms with Crippen LogP contribution in [0.1, 0.15) is 22.4 Å². The lowest BCUT2D eigenvalue weighted by Crippen LogP contribution is -2.15. The van der Waals surface area contributed by atoms with Gasteiger partial charge in [-0.2, -0.15) is 0 Å². The Morgan fingerprint density at radius 2 is 1.90 bits per heavy atom. The molecule has 5 heteroatoms. The van der Waals surface area contributed by atoms with Crippen LogP contribution < -0.4 is 11.1 Å². The van der Waals surface area contributed by atoms with Crippen molar-refractivity contribution in [2.45, 2.75) is 20.8 Å². The van der Waals surface area contributed by atoms with Crippen LogP contribution in [0.3, 0.4) is 0 Å². The van der Waals surface area contributed by atoms with Gasteiger partial charge in [0.1, 0.15) is 16.6 Å². The largest absolute Gasteiger partial charge is 0.389 e. The maximum atomic E-state index is 13.4. The summed E-state index contributed by atoms with van der Waals surface area (Å²) in [5, 5.41) is 3.13. The van der Waals surface area contributed by atoms with Crippen LogP contribution in [0.15, 0.2) is 24.3 Å². The molecule has 20 heavy (non-hydrogen) atoms. The molecule has 0 spiro atoms. The van der Waals surface area contributed by atoms with E-state index in [-0.39, 0.29) is 10.8 Å². The highest BCUT2D eigenvalue weighted by atomic mass is 32.1. The fraction of sp³-hybridized carbons (Fsp3) is 0.200. The van der Waals surface area contributed by atoms with Crippen LogP contribution in [0.5, 0.6) is 0 Å². The maximum absolute atomic E-state index is 13.4. The number of hydrogen-bond acceptors (Lipinski definition) is 3. The van der Waals surface area contributed by atoms with Gasteiger partial charge in [-0.25, -0.2) is 9.37 Å². The molecule has 0 radical (unpaired) electrons. The first-order chi connectivity index (χ1) is 9.38. The summed E-state index contributed by atoms with van der Waals surface area (Å²) >= 11 is 5.08. The van der Waals surface area contributed by atoms with Crippen LogP contribution in [0.25, 0.3) is 0 Å². The highest BCUT2D eigenvalue weighted by Gasteiger charge is 2.12. The lowest BCUT2D eigenvalue weighted by molar-refractivity contribution is 0.628. The van der Waals surface area contributed by atoms with Crippen molar-refractivity contribution >= 4 is 28.7 Å². The van der Waals surface area contributed by atoms with Crippen molar-refractivity contribution in [3.05, 3.63) is 52.5 Å². The molecule has 0 unspecified atom stereocenters. The minimum absolute atomic E-state index is 0.270. The second-order valence-electron chi connectivity index (χ2n) is 4.75. The van der Waals surface area contributed by atoms with E-state index in [0.717, 1.165) is 16.8 Å². The van der Waals surface area contributed by atoms with Gasteiger partial charge in [-0.05, 0) is 50.1 Å². The summed E-state index contributed by atoms with van der Waals surface area (Å²) in [6.45, 7) is 5.71. The molecule has 0 aliphatic heterocycles. The highest BCUT2D eigenvalue weighted by Crippen LogP contribution is 2.25. The van der Waals surface area contributed by atoms with Gasteiger partial charge < -0.3 is 11.1 Å². The number of thiocarbonyl (C=S) groups is 1. The van der Waals surface area contributed by atoms with Crippen LogP contribution >= 0.6 is 12.2 Å². The van der Waals surface area contributed by atoms with E-state index in [1.165, 1.54) is 12.1 Å². The molecule has 0 fully saturated rings. The summed E-state index contributed by atoms with van der Waals surface area (Å²) in [5.41, 5.74) is 9.82. The fourth-order valence-corrected chi connectivity index (χ4v) is 2.35. The van der Waals surface area contributed by atoms with Gasteiger partial charge in [0.05, 0.1) is 5.56 Å². The number of hydrogen-bond donors (Lipinski definition) is 2. The first kappa shape index (κ1) is 14.4. The molecule has 0 bridgehead atoms. The normalized spacial score (nSPS) is 10.4. The van der Waals surface area contributed by atoms with Crippen molar-refractivity contribution in [3.8, 4) is 0 Å². The Bertz CT molecular complexity index is 683. The van der Waals surface area contributed by atoms with Crippen molar-refractivity contribution in [3.63, 3.8) is 0 Å². The van der Waals surface area contributed by atoms with E-state index in [4.69, 9.17) is 18.0 Å². The quantitative estimate of drug-likeness (QED) is 0.849. The smallest absolute Gasteiger partial charge is 0.141 e. The molecule has 3 N–H and O–H groups in total. The fourth-order valence-electron chi connectivity index (χ4n) is 2.09. The number of aryl methyl sites for hydroxylation is 3. The van der Waals surface area contributed by atoms with Crippen LogP contribution in [-0.2, 0) is 0 Å². The molecule has 0 saturated heterocycles. The van der Waals surface area contributed by atoms with Gasteiger partial charge >= 0.3 is 0 Å². The molecule has 3 nitrogen and oxygen atoms in total. The van der Waals surface area contributed by atoms with Crippen LogP contribution in [0.4, 0.5) is 15.9 Å². The molecule has 0 saturated carbocycles. The van der Waals surface area contributed by atoms with E-state index in [1.807, 2.05) is 26.8 Å². The molecule has 0 amide bonds. The predicted molar refractivity (Wildman–Crippen MR) is 84.0 cm³/mol. The van der Waals surface area contributed by atoms with Gasteiger partial charge in [0.2, 0.25) is 0 Å². The SMILES string of the molecule is Cc1cc(C)c(C(N)=S)c(Nc2cc(F)ccc2C)n1. The average molecular weight is 289 g/mol. The number of pyridine rings is 1. The molecule has 1 aromatic heterocycles. The Balaban J connectivity index is 2.53. The minimum Gasteiger partial charge on any atom is -0.389 e. The van der Waals surface area contributed by atoms with Crippen molar-refractivity contribution < 1.29 is 4.39 Å². The Labute approximate surface area is 123 Å². The van der Waals surface area contributed by atoms with E-state index in [2.05, 4.69) is 10.3 Å². The summed E-state index contributed by atoms with van der Waals surface area (Å²) < 4.78 is 13.4. The molecule has 0 atom stereocenters. The number of halogens is 1. The molecular formula is C15H16FN3S. The second-order valence-corrected chi connectivity index (χ2v) is 5.19. The zero-order valence-corrected chi connectivity index (χ0v) is 12.4. The summed E-state index contributed by atoms with van der Waals surface area (Å²) in [6.07, 6.45) is 0. The van der Waals surface area contributed by atoms with Crippen molar-refractivity contribution in [1.29, 1.82) is 0 Å². The summed E-state index contributed by atoms with van der Waals surface area (Å²) in [5.74, 6) is 0.253. The maximum Gasteiger partial charge on any atom is 0.141 e. The zero-order chi connectivity index (χ0) is 14.9. The highest BCUT2D eigenvalue weighted by molar-refractivity contribution is 7.80. The van der Waals surface area contributed by atoms with E-state index < -0.39 is 0 Å². The van der Waals surface area contributed by atoms with E-state index >= 15 is 0 Å². The monoisotopic (exact) mass is 289 g/mol. The molecule has 0 aliphatic carbocycles. The van der Waals surface area contributed by atoms with E-state index in [9.17, 15) is 4.39 Å². The van der Waals surface area contributed by atoms with Crippen molar-refractivity contribution in [2.24, 2.45) is 5.73 Å².